The first kappa shape index (κ1) is 16.8. The summed E-state index contributed by atoms with van der Waals surface area (Å²) in [5, 5.41) is 0.631. The third kappa shape index (κ3) is 4.15. The average molecular weight is 375 g/mol. The quantitative estimate of drug-likeness (QED) is 0.568. The van der Waals surface area contributed by atoms with Gasteiger partial charge in [0.25, 0.3) is 5.19 Å². The summed E-state index contributed by atoms with van der Waals surface area (Å²) in [6.45, 7) is 6.27. The molecule has 1 aromatic carbocycles. The highest BCUT2D eigenvalue weighted by molar-refractivity contribution is 7.99. The van der Waals surface area contributed by atoms with Gasteiger partial charge in [0.15, 0.2) is 0 Å². The Labute approximate surface area is 156 Å². The highest BCUT2D eigenvalue weighted by atomic mass is 32.2. The molecule has 0 bridgehead atoms. The predicted molar refractivity (Wildman–Crippen MR) is 105 cm³/mol. The SMILES string of the molecule is Cc1cc(Oc2nc(C3CC3)ns2)c(C)cc1/N=C/N1CCSCC1. The van der Waals surface area contributed by atoms with E-state index in [4.69, 9.17) is 4.74 Å². The third-order valence-electron chi connectivity index (χ3n) is 4.46. The van der Waals surface area contributed by atoms with Crippen molar-refractivity contribution in [3.63, 3.8) is 0 Å². The molecular formula is C18H22N4OS2. The number of thioether (sulfide) groups is 1. The van der Waals surface area contributed by atoms with Gasteiger partial charge in [-0.3, -0.25) is 0 Å². The molecule has 0 atom stereocenters. The van der Waals surface area contributed by atoms with Gasteiger partial charge in [0.2, 0.25) is 0 Å². The van der Waals surface area contributed by atoms with Gasteiger partial charge < -0.3 is 9.64 Å². The lowest BCUT2D eigenvalue weighted by atomic mass is 10.1. The molecule has 0 spiro atoms. The van der Waals surface area contributed by atoms with Crippen LogP contribution in [0.5, 0.6) is 10.9 Å². The number of ether oxygens (including phenoxy) is 1. The highest BCUT2D eigenvalue weighted by Crippen LogP contribution is 2.40. The van der Waals surface area contributed by atoms with E-state index in [1.807, 2.05) is 31.1 Å². The van der Waals surface area contributed by atoms with Crippen LogP contribution in [0.2, 0.25) is 0 Å². The fourth-order valence-electron chi connectivity index (χ4n) is 2.72. The molecule has 0 amide bonds. The van der Waals surface area contributed by atoms with Crippen LogP contribution in [0.1, 0.15) is 35.7 Å². The number of hydrogen-bond donors (Lipinski definition) is 0. The molecule has 132 valence electrons. The minimum absolute atomic E-state index is 0.557. The van der Waals surface area contributed by atoms with E-state index in [-0.39, 0.29) is 0 Å². The maximum absolute atomic E-state index is 5.98. The normalized spacial score (nSPS) is 18.1. The van der Waals surface area contributed by atoms with Crippen molar-refractivity contribution in [2.24, 2.45) is 4.99 Å². The number of hydrogen-bond acceptors (Lipinski definition) is 6. The average Bonchev–Trinajstić information content (AvgIpc) is 3.37. The van der Waals surface area contributed by atoms with Crippen LogP contribution in [-0.4, -0.2) is 45.2 Å². The largest absolute Gasteiger partial charge is 0.430 e. The Hall–Kier alpha value is -1.60. The molecule has 2 heterocycles. The van der Waals surface area contributed by atoms with E-state index < -0.39 is 0 Å². The predicted octanol–water partition coefficient (Wildman–Crippen LogP) is 4.53. The molecular weight excluding hydrogens is 352 g/mol. The summed E-state index contributed by atoms with van der Waals surface area (Å²) in [4.78, 5) is 11.5. The van der Waals surface area contributed by atoms with Crippen molar-refractivity contribution in [3.8, 4) is 10.9 Å². The molecule has 2 aromatic rings. The number of aliphatic imine (C=N–C) groups is 1. The molecule has 0 unspecified atom stereocenters. The molecule has 0 N–H and O–H groups in total. The molecule has 1 aliphatic heterocycles. The summed E-state index contributed by atoms with van der Waals surface area (Å²) in [5.41, 5.74) is 3.17. The van der Waals surface area contributed by atoms with E-state index in [2.05, 4.69) is 32.2 Å². The van der Waals surface area contributed by atoms with Crippen LogP contribution in [0, 0.1) is 13.8 Å². The fraction of sp³-hybridized carbons (Fsp3) is 0.500. The zero-order valence-electron chi connectivity index (χ0n) is 14.6. The summed E-state index contributed by atoms with van der Waals surface area (Å²) in [7, 11) is 0. The molecule has 5 nitrogen and oxygen atoms in total. The van der Waals surface area contributed by atoms with Gasteiger partial charge >= 0.3 is 0 Å². The van der Waals surface area contributed by atoms with Crippen molar-refractivity contribution in [2.75, 3.05) is 24.6 Å². The monoisotopic (exact) mass is 374 g/mol. The smallest absolute Gasteiger partial charge is 0.298 e. The minimum atomic E-state index is 0.557. The number of benzene rings is 1. The van der Waals surface area contributed by atoms with Crippen LogP contribution in [0.4, 0.5) is 5.69 Å². The van der Waals surface area contributed by atoms with Crippen molar-refractivity contribution in [2.45, 2.75) is 32.6 Å². The Morgan fingerprint density at radius 2 is 2.00 bits per heavy atom. The standard InChI is InChI=1S/C18H22N4OS2/c1-12-10-16(23-18-20-17(21-25-18)14-3-4-14)13(2)9-15(12)19-11-22-5-7-24-8-6-22/h9-11,14H,3-8H2,1-2H3/b19-11+. The van der Waals surface area contributed by atoms with Crippen LogP contribution < -0.4 is 4.74 Å². The van der Waals surface area contributed by atoms with Crippen molar-refractivity contribution in [1.82, 2.24) is 14.3 Å². The topological polar surface area (TPSA) is 50.6 Å². The Bertz CT molecular complexity index is 779. The van der Waals surface area contributed by atoms with Gasteiger partial charge in [-0.2, -0.15) is 21.1 Å². The van der Waals surface area contributed by atoms with Gasteiger partial charge in [0.1, 0.15) is 11.6 Å². The maximum Gasteiger partial charge on any atom is 0.298 e. The Kier molecular flexibility index (Phi) is 4.94. The Morgan fingerprint density at radius 3 is 2.76 bits per heavy atom. The van der Waals surface area contributed by atoms with Crippen LogP contribution in [0.3, 0.4) is 0 Å². The molecule has 1 saturated carbocycles. The van der Waals surface area contributed by atoms with Crippen LogP contribution in [0.25, 0.3) is 0 Å². The molecule has 2 fully saturated rings. The number of aromatic nitrogens is 2. The lowest BCUT2D eigenvalue weighted by Gasteiger charge is -2.23. The maximum atomic E-state index is 5.98. The van der Waals surface area contributed by atoms with E-state index in [9.17, 15) is 0 Å². The van der Waals surface area contributed by atoms with Crippen LogP contribution in [0.15, 0.2) is 17.1 Å². The number of aryl methyl sites for hydroxylation is 2. The van der Waals surface area contributed by atoms with Crippen molar-refractivity contribution in [3.05, 3.63) is 29.1 Å². The number of nitrogens with zero attached hydrogens (tertiary/aromatic N) is 4. The van der Waals surface area contributed by atoms with Gasteiger partial charge in [-0.05, 0) is 49.9 Å². The fourth-order valence-corrected chi connectivity index (χ4v) is 4.28. The Balaban J connectivity index is 1.47. The van der Waals surface area contributed by atoms with Crippen LogP contribution in [-0.2, 0) is 0 Å². The van der Waals surface area contributed by atoms with Gasteiger partial charge in [0, 0.05) is 42.0 Å². The second-order valence-corrected chi connectivity index (χ2v) is 8.53. The summed E-state index contributed by atoms with van der Waals surface area (Å²) in [6.07, 6.45) is 4.39. The van der Waals surface area contributed by atoms with E-state index in [1.165, 1.54) is 35.9 Å². The molecule has 2 aliphatic rings. The van der Waals surface area contributed by atoms with Gasteiger partial charge in [-0.1, -0.05) is 0 Å². The van der Waals surface area contributed by atoms with Crippen molar-refractivity contribution >= 4 is 35.3 Å². The first-order valence-electron chi connectivity index (χ1n) is 8.68. The van der Waals surface area contributed by atoms with E-state index in [0.29, 0.717) is 11.1 Å². The van der Waals surface area contributed by atoms with Crippen molar-refractivity contribution < 1.29 is 4.74 Å². The Morgan fingerprint density at radius 1 is 1.20 bits per heavy atom. The van der Waals surface area contributed by atoms with Crippen LogP contribution >= 0.6 is 23.3 Å². The summed E-state index contributed by atoms with van der Waals surface area (Å²) in [5.74, 6) is 4.70. The lowest BCUT2D eigenvalue weighted by Crippen LogP contribution is -2.31. The molecule has 1 aromatic heterocycles. The molecule has 7 heteroatoms. The van der Waals surface area contributed by atoms with Crippen molar-refractivity contribution in [1.29, 1.82) is 0 Å². The van der Waals surface area contributed by atoms with E-state index in [1.54, 1.807) is 0 Å². The van der Waals surface area contributed by atoms with Gasteiger partial charge in [-0.15, -0.1) is 0 Å². The minimum Gasteiger partial charge on any atom is -0.430 e. The van der Waals surface area contributed by atoms with E-state index >= 15 is 0 Å². The first-order valence-corrected chi connectivity index (χ1v) is 10.6. The highest BCUT2D eigenvalue weighted by Gasteiger charge is 2.28. The molecule has 1 saturated heterocycles. The second-order valence-electron chi connectivity index (χ2n) is 6.59. The second kappa shape index (κ2) is 7.33. The molecule has 0 radical (unpaired) electrons. The lowest BCUT2D eigenvalue weighted by molar-refractivity contribution is 0.473. The van der Waals surface area contributed by atoms with Gasteiger partial charge in [-0.25, -0.2) is 4.99 Å². The molecule has 1 aliphatic carbocycles. The zero-order valence-corrected chi connectivity index (χ0v) is 16.2. The first-order chi connectivity index (χ1) is 12.2. The number of rotatable bonds is 5. The molecule has 4 rings (SSSR count). The van der Waals surface area contributed by atoms with Gasteiger partial charge in [0.05, 0.1) is 12.0 Å². The third-order valence-corrected chi connectivity index (χ3v) is 6.01. The summed E-state index contributed by atoms with van der Waals surface area (Å²) >= 11 is 3.35. The summed E-state index contributed by atoms with van der Waals surface area (Å²) in [6, 6.07) is 4.13. The zero-order chi connectivity index (χ0) is 17.2. The summed E-state index contributed by atoms with van der Waals surface area (Å²) < 4.78 is 10.4. The molecule has 25 heavy (non-hydrogen) atoms. The van der Waals surface area contributed by atoms with E-state index in [0.717, 1.165) is 41.5 Å².